The number of thiophene rings is 1. The highest BCUT2D eigenvalue weighted by Gasteiger charge is 2.15. The van der Waals surface area contributed by atoms with Gasteiger partial charge in [0.2, 0.25) is 5.82 Å². The summed E-state index contributed by atoms with van der Waals surface area (Å²) in [5.41, 5.74) is 1.62. The number of esters is 1. The number of rotatable bonds is 6. The molecule has 0 atom stereocenters. The van der Waals surface area contributed by atoms with Gasteiger partial charge in [-0.15, -0.1) is 11.3 Å². The second-order valence-electron chi connectivity index (χ2n) is 7.16. The Morgan fingerprint density at radius 3 is 2.57 bits per heavy atom. The second-order valence-corrected chi connectivity index (χ2v) is 8.11. The zero-order valence-corrected chi connectivity index (χ0v) is 16.7. The predicted molar refractivity (Wildman–Crippen MR) is 105 cm³/mol. The van der Waals surface area contributed by atoms with E-state index in [0.717, 1.165) is 10.4 Å². The molecule has 3 rings (SSSR count). The van der Waals surface area contributed by atoms with Crippen LogP contribution in [0, 0.1) is 0 Å². The first-order chi connectivity index (χ1) is 13.3. The topological polar surface area (TPSA) is 94.3 Å². The maximum Gasteiger partial charge on any atom is 0.325 e. The molecule has 0 saturated carbocycles. The molecule has 0 saturated heterocycles. The molecule has 2 aromatic heterocycles. The normalized spacial score (nSPS) is 11.2. The third-order valence-corrected chi connectivity index (χ3v) is 4.84. The zero-order valence-electron chi connectivity index (χ0n) is 15.9. The maximum atomic E-state index is 12.2. The first-order valence-corrected chi connectivity index (χ1v) is 9.62. The van der Waals surface area contributed by atoms with Gasteiger partial charge in [-0.1, -0.05) is 44.1 Å². The van der Waals surface area contributed by atoms with Crippen molar-refractivity contribution in [1.82, 2.24) is 15.5 Å². The number of aromatic nitrogens is 2. The van der Waals surface area contributed by atoms with Crippen molar-refractivity contribution in [2.75, 3.05) is 6.54 Å². The van der Waals surface area contributed by atoms with Gasteiger partial charge in [0.15, 0.2) is 6.61 Å². The Bertz CT molecular complexity index is 941. The van der Waals surface area contributed by atoms with Crippen LogP contribution in [-0.2, 0) is 21.6 Å². The Morgan fingerprint density at radius 2 is 1.93 bits per heavy atom. The molecule has 1 N–H and O–H groups in total. The van der Waals surface area contributed by atoms with Gasteiger partial charge < -0.3 is 14.6 Å². The lowest BCUT2D eigenvalue weighted by molar-refractivity contribution is -0.144. The minimum Gasteiger partial charge on any atom is -0.454 e. The molecule has 0 bridgehead atoms. The van der Waals surface area contributed by atoms with E-state index >= 15 is 0 Å². The summed E-state index contributed by atoms with van der Waals surface area (Å²) in [5, 5.41) is 8.29. The SMILES string of the molecule is CC(C)(C)c1ccc(C(=O)NCC(=O)OCc2nc(-c3cccs3)no2)cc1. The van der Waals surface area contributed by atoms with Gasteiger partial charge in [0, 0.05) is 5.56 Å². The molecule has 1 aromatic carbocycles. The standard InChI is InChI=1S/C20H21N3O4S/c1-20(2,3)14-8-6-13(7-9-14)19(25)21-11-17(24)26-12-16-22-18(23-27-16)15-5-4-10-28-15/h4-10H,11-12H2,1-3H3,(H,21,25). The first-order valence-electron chi connectivity index (χ1n) is 8.74. The quantitative estimate of drug-likeness (QED) is 0.637. The fourth-order valence-electron chi connectivity index (χ4n) is 2.39. The van der Waals surface area contributed by atoms with Gasteiger partial charge in [0.1, 0.15) is 6.54 Å². The van der Waals surface area contributed by atoms with Crippen LogP contribution < -0.4 is 5.32 Å². The molecule has 28 heavy (non-hydrogen) atoms. The number of nitrogens with zero attached hydrogens (tertiary/aromatic N) is 2. The van der Waals surface area contributed by atoms with E-state index in [4.69, 9.17) is 9.26 Å². The Balaban J connectivity index is 1.46. The lowest BCUT2D eigenvalue weighted by Crippen LogP contribution is -2.30. The molecular weight excluding hydrogens is 378 g/mol. The molecule has 1 amide bonds. The predicted octanol–water partition coefficient (Wildman–Crippen LogP) is 3.57. The Kier molecular flexibility index (Phi) is 5.89. The van der Waals surface area contributed by atoms with E-state index in [-0.39, 0.29) is 30.4 Å². The van der Waals surface area contributed by atoms with Crippen molar-refractivity contribution in [3.05, 3.63) is 58.8 Å². The molecule has 0 aliphatic heterocycles. The third kappa shape index (κ3) is 5.04. The summed E-state index contributed by atoms with van der Waals surface area (Å²) in [6, 6.07) is 11.1. The molecule has 0 aliphatic carbocycles. The van der Waals surface area contributed by atoms with E-state index in [1.165, 1.54) is 11.3 Å². The number of nitrogens with one attached hydrogen (secondary N) is 1. The van der Waals surface area contributed by atoms with Crippen LogP contribution in [0.2, 0.25) is 0 Å². The van der Waals surface area contributed by atoms with Gasteiger partial charge in [-0.3, -0.25) is 9.59 Å². The van der Waals surface area contributed by atoms with Crippen molar-refractivity contribution in [2.24, 2.45) is 0 Å². The Labute approximate surface area is 166 Å². The highest BCUT2D eigenvalue weighted by atomic mass is 32.1. The number of benzene rings is 1. The van der Waals surface area contributed by atoms with Gasteiger partial charge in [-0.05, 0) is 34.6 Å². The van der Waals surface area contributed by atoms with Gasteiger partial charge >= 0.3 is 5.97 Å². The molecule has 0 unspecified atom stereocenters. The second kappa shape index (κ2) is 8.35. The smallest absolute Gasteiger partial charge is 0.325 e. The number of hydrogen-bond donors (Lipinski definition) is 1. The van der Waals surface area contributed by atoms with Gasteiger partial charge in [-0.2, -0.15) is 4.98 Å². The summed E-state index contributed by atoms with van der Waals surface area (Å²) in [5.74, 6) is -0.278. The van der Waals surface area contributed by atoms with Crippen LogP contribution in [0.3, 0.4) is 0 Å². The van der Waals surface area contributed by atoms with Crippen LogP contribution in [0.25, 0.3) is 10.7 Å². The highest BCUT2D eigenvalue weighted by Crippen LogP contribution is 2.22. The molecule has 0 aliphatic rings. The third-order valence-electron chi connectivity index (χ3n) is 3.97. The van der Waals surface area contributed by atoms with Crippen molar-refractivity contribution in [3.8, 4) is 10.7 Å². The van der Waals surface area contributed by atoms with E-state index < -0.39 is 5.97 Å². The molecule has 2 heterocycles. The van der Waals surface area contributed by atoms with Crippen molar-refractivity contribution < 1.29 is 18.8 Å². The number of ether oxygens (including phenoxy) is 1. The summed E-state index contributed by atoms with van der Waals surface area (Å²) < 4.78 is 10.1. The summed E-state index contributed by atoms with van der Waals surface area (Å²) in [6.07, 6.45) is 0. The van der Waals surface area contributed by atoms with Gasteiger partial charge in [0.05, 0.1) is 4.88 Å². The summed E-state index contributed by atoms with van der Waals surface area (Å²) in [4.78, 5) is 29.0. The van der Waals surface area contributed by atoms with Crippen molar-refractivity contribution >= 4 is 23.2 Å². The van der Waals surface area contributed by atoms with Crippen LogP contribution in [0.1, 0.15) is 42.6 Å². The molecular formula is C20H21N3O4S. The monoisotopic (exact) mass is 399 g/mol. The fraction of sp³-hybridized carbons (Fsp3) is 0.300. The molecule has 0 fully saturated rings. The van der Waals surface area contributed by atoms with E-state index in [2.05, 4.69) is 36.2 Å². The molecule has 146 valence electrons. The highest BCUT2D eigenvalue weighted by molar-refractivity contribution is 7.13. The van der Waals surface area contributed by atoms with Crippen molar-refractivity contribution in [2.45, 2.75) is 32.8 Å². The van der Waals surface area contributed by atoms with Crippen LogP contribution in [0.4, 0.5) is 0 Å². The van der Waals surface area contributed by atoms with Gasteiger partial charge in [0.25, 0.3) is 11.8 Å². The lowest BCUT2D eigenvalue weighted by Gasteiger charge is -2.19. The van der Waals surface area contributed by atoms with Crippen LogP contribution in [0.5, 0.6) is 0 Å². The lowest BCUT2D eigenvalue weighted by atomic mass is 9.87. The average Bonchev–Trinajstić information content (AvgIpc) is 3.35. The van der Waals surface area contributed by atoms with Crippen molar-refractivity contribution in [3.63, 3.8) is 0 Å². The minimum atomic E-state index is -0.587. The zero-order chi connectivity index (χ0) is 20.1. The van der Waals surface area contributed by atoms with Crippen molar-refractivity contribution in [1.29, 1.82) is 0 Å². The molecule has 7 nitrogen and oxygen atoms in total. The first kappa shape index (κ1) is 19.8. The van der Waals surface area contributed by atoms with E-state index in [1.807, 2.05) is 29.6 Å². The van der Waals surface area contributed by atoms with E-state index in [1.54, 1.807) is 12.1 Å². The number of carbonyl (C=O) groups is 2. The summed E-state index contributed by atoms with van der Waals surface area (Å²) in [6.45, 7) is 5.92. The summed E-state index contributed by atoms with van der Waals surface area (Å²) in [7, 11) is 0. The Hall–Kier alpha value is -3.00. The molecule has 0 radical (unpaired) electrons. The summed E-state index contributed by atoms with van der Waals surface area (Å²) >= 11 is 1.48. The van der Waals surface area contributed by atoms with Crippen LogP contribution >= 0.6 is 11.3 Å². The molecule has 8 heteroatoms. The molecule has 3 aromatic rings. The average molecular weight is 399 g/mol. The van der Waals surface area contributed by atoms with E-state index in [9.17, 15) is 9.59 Å². The number of amides is 1. The molecule has 0 spiro atoms. The van der Waals surface area contributed by atoms with Crippen LogP contribution in [0.15, 0.2) is 46.3 Å². The van der Waals surface area contributed by atoms with E-state index in [0.29, 0.717) is 11.4 Å². The fourth-order valence-corrected chi connectivity index (χ4v) is 3.04. The number of hydrogen-bond acceptors (Lipinski definition) is 7. The maximum absolute atomic E-state index is 12.2. The Morgan fingerprint density at radius 1 is 1.18 bits per heavy atom. The minimum absolute atomic E-state index is 0.0108. The largest absolute Gasteiger partial charge is 0.454 e. The number of carbonyl (C=O) groups excluding carboxylic acids is 2. The van der Waals surface area contributed by atoms with Crippen LogP contribution in [-0.4, -0.2) is 28.6 Å². The van der Waals surface area contributed by atoms with Gasteiger partial charge in [-0.25, -0.2) is 0 Å².